The molecule has 0 atom stereocenters. The topological polar surface area (TPSA) is 59.5 Å². The third-order valence-corrected chi connectivity index (χ3v) is 5.28. The molecule has 0 aliphatic carbocycles. The molecule has 1 heterocycles. The fraction of sp³-hybridized carbons (Fsp3) is 0.208. The van der Waals surface area contributed by atoms with Gasteiger partial charge in [-0.25, -0.2) is 13.8 Å². The zero-order valence-electron chi connectivity index (χ0n) is 18.0. The number of aromatic nitrogens is 1. The largest absolute Gasteiger partial charge is 0.486 e. The molecule has 1 aromatic heterocycles. The van der Waals surface area contributed by atoms with Gasteiger partial charge >= 0.3 is 0 Å². The molecule has 0 spiro atoms. The van der Waals surface area contributed by atoms with Gasteiger partial charge in [-0.1, -0.05) is 35.3 Å². The lowest BCUT2D eigenvalue weighted by molar-refractivity contribution is 0.0985. The molecular formula is C24H20Cl2F2N2O3. The lowest BCUT2D eigenvalue weighted by atomic mass is 10.0. The number of alkyl halides is 1. The van der Waals surface area contributed by atoms with Crippen molar-refractivity contribution in [3.05, 3.63) is 75.7 Å². The van der Waals surface area contributed by atoms with Gasteiger partial charge in [0.05, 0.1) is 10.6 Å². The maximum Gasteiger partial charge on any atom is 0.263 e. The van der Waals surface area contributed by atoms with Gasteiger partial charge in [-0.05, 0) is 44.2 Å². The lowest BCUT2D eigenvalue weighted by Gasteiger charge is -2.23. The van der Waals surface area contributed by atoms with Crippen molar-refractivity contribution in [2.75, 3.05) is 18.6 Å². The summed E-state index contributed by atoms with van der Waals surface area (Å²) in [5.41, 5.74) is -0.641. The Morgan fingerprint density at radius 1 is 1.18 bits per heavy atom. The SMILES string of the molecule is CN(C(=O)c1c(F)cccc1Cl)c1ncc(-c2cc(C=O)ccc2Cl)cc1OCC(C)(C)F. The van der Waals surface area contributed by atoms with Crippen LogP contribution in [-0.4, -0.2) is 36.5 Å². The molecule has 0 bridgehead atoms. The lowest BCUT2D eigenvalue weighted by Crippen LogP contribution is -2.30. The second-order valence-corrected chi connectivity index (χ2v) is 8.69. The molecule has 2 aromatic carbocycles. The molecule has 0 unspecified atom stereocenters. The summed E-state index contributed by atoms with van der Waals surface area (Å²) >= 11 is 12.3. The van der Waals surface area contributed by atoms with E-state index < -0.39 is 17.4 Å². The van der Waals surface area contributed by atoms with Crippen LogP contribution >= 0.6 is 23.2 Å². The zero-order valence-corrected chi connectivity index (χ0v) is 19.5. The fourth-order valence-electron chi connectivity index (χ4n) is 3.00. The van der Waals surface area contributed by atoms with Crippen LogP contribution in [0.15, 0.2) is 48.7 Å². The van der Waals surface area contributed by atoms with E-state index in [9.17, 15) is 18.4 Å². The Balaban J connectivity index is 2.09. The van der Waals surface area contributed by atoms with Crippen molar-refractivity contribution >= 4 is 41.2 Å². The molecule has 0 saturated heterocycles. The number of amides is 1. The summed E-state index contributed by atoms with van der Waals surface area (Å²) in [4.78, 5) is 29.6. The number of carbonyl (C=O) groups excluding carboxylic acids is 2. The van der Waals surface area contributed by atoms with Crippen LogP contribution in [0.3, 0.4) is 0 Å². The number of halogens is 4. The number of aldehydes is 1. The van der Waals surface area contributed by atoms with Gasteiger partial charge < -0.3 is 4.74 Å². The molecule has 0 radical (unpaired) electrons. The molecule has 0 aliphatic heterocycles. The summed E-state index contributed by atoms with van der Waals surface area (Å²) in [5, 5.41) is 0.294. The van der Waals surface area contributed by atoms with Crippen molar-refractivity contribution in [3.63, 3.8) is 0 Å². The summed E-state index contributed by atoms with van der Waals surface area (Å²) in [6, 6.07) is 10.1. The minimum absolute atomic E-state index is 0.0231. The van der Waals surface area contributed by atoms with Crippen molar-refractivity contribution in [3.8, 4) is 16.9 Å². The summed E-state index contributed by atoms with van der Waals surface area (Å²) in [7, 11) is 1.38. The number of hydrogen-bond donors (Lipinski definition) is 0. The molecule has 172 valence electrons. The third-order valence-electron chi connectivity index (χ3n) is 4.64. The number of anilines is 1. The molecule has 3 aromatic rings. The first-order valence-electron chi connectivity index (χ1n) is 9.81. The Kier molecular flexibility index (Phi) is 7.34. The van der Waals surface area contributed by atoms with E-state index in [0.29, 0.717) is 28.0 Å². The Morgan fingerprint density at radius 2 is 1.91 bits per heavy atom. The maximum absolute atomic E-state index is 14.3. The maximum atomic E-state index is 14.3. The van der Waals surface area contributed by atoms with E-state index in [1.54, 1.807) is 18.2 Å². The normalized spacial score (nSPS) is 11.2. The van der Waals surface area contributed by atoms with Gasteiger partial charge in [-0.15, -0.1) is 0 Å². The zero-order chi connectivity index (χ0) is 24.3. The number of nitrogens with zero attached hydrogens (tertiary/aromatic N) is 2. The van der Waals surface area contributed by atoms with Gasteiger partial charge in [-0.3, -0.25) is 14.5 Å². The number of rotatable bonds is 7. The van der Waals surface area contributed by atoms with Crippen LogP contribution in [-0.2, 0) is 0 Å². The monoisotopic (exact) mass is 492 g/mol. The van der Waals surface area contributed by atoms with Gasteiger partial charge in [0.1, 0.15) is 24.4 Å². The predicted molar refractivity (Wildman–Crippen MR) is 125 cm³/mol. The van der Waals surface area contributed by atoms with Gasteiger partial charge in [0.2, 0.25) is 0 Å². The summed E-state index contributed by atoms with van der Waals surface area (Å²) in [6.45, 7) is 2.33. The van der Waals surface area contributed by atoms with Crippen LogP contribution < -0.4 is 9.64 Å². The highest BCUT2D eigenvalue weighted by atomic mass is 35.5. The van der Waals surface area contributed by atoms with Crippen LogP contribution in [0.4, 0.5) is 14.6 Å². The van der Waals surface area contributed by atoms with Gasteiger partial charge in [0.25, 0.3) is 5.91 Å². The van der Waals surface area contributed by atoms with E-state index in [1.807, 2.05) is 0 Å². The average Bonchev–Trinajstić information content (AvgIpc) is 2.76. The molecule has 0 N–H and O–H groups in total. The van der Waals surface area contributed by atoms with Crippen LogP contribution in [0.25, 0.3) is 11.1 Å². The molecule has 3 rings (SSSR count). The molecular weight excluding hydrogens is 473 g/mol. The Labute approximate surface area is 199 Å². The minimum atomic E-state index is -1.68. The highest BCUT2D eigenvalue weighted by molar-refractivity contribution is 6.34. The second-order valence-electron chi connectivity index (χ2n) is 7.87. The standard InChI is InChI=1S/C24H20Cl2F2N2O3/c1-24(2,28)13-33-20-10-15(16-9-14(12-31)7-8-17(16)25)11-29-22(20)30(3)23(32)21-18(26)5-4-6-19(21)27/h4-12H,13H2,1-3H3. The number of hydrogen-bond acceptors (Lipinski definition) is 4. The van der Waals surface area contributed by atoms with Crippen molar-refractivity contribution < 1.29 is 23.1 Å². The molecule has 5 nitrogen and oxygen atoms in total. The summed E-state index contributed by atoms with van der Waals surface area (Å²) in [6.07, 6.45) is 2.10. The summed E-state index contributed by atoms with van der Waals surface area (Å²) < 4.78 is 34.1. The number of pyridine rings is 1. The Hall–Kier alpha value is -3.03. The van der Waals surface area contributed by atoms with Crippen LogP contribution in [0, 0.1) is 5.82 Å². The Morgan fingerprint density at radius 3 is 2.55 bits per heavy atom. The van der Waals surface area contributed by atoms with E-state index >= 15 is 0 Å². The highest BCUT2D eigenvalue weighted by Crippen LogP contribution is 2.36. The second kappa shape index (κ2) is 9.85. The van der Waals surface area contributed by atoms with E-state index in [2.05, 4.69) is 4.98 Å². The number of benzene rings is 2. The van der Waals surface area contributed by atoms with Crippen LogP contribution in [0.2, 0.25) is 10.0 Å². The molecule has 1 amide bonds. The first-order valence-corrected chi connectivity index (χ1v) is 10.6. The quantitative estimate of drug-likeness (QED) is 0.357. The van der Waals surface area contributed by atoms with Crippen molar-refractivity contribution in [1.29, 1.82) is 0 Å². The van der Waals surface area contributed by atoms with Gasteiger partial charge in [0, 0.05) is 35.0 Å². The average molecular weight is 493 g/mol. The first kappa shape index (κ1) is 24.6. The van der Waals surface area contributed by atoms with E-state index in [4.69, 9.17) is 27.9 Å². The molecule has 0 saturated carbocycles. The Bertz CT molecular complexity index is 1190. The van der Waals surface area contributed by atoms with Crippen LogP contribution in [0.1, 0.15) is 34.6 Å². The van der Waals surface area contributed by atoms with Crippen molar-refractivity contribution in [2.24, 2.45) is 0 Å². The van der Waals surface area contributed by atoms with E-state index in [0.717, 1.165) is 11.0 Å². The van der Waals surface area contributed by atoms with Crippen molar-refractivity contribution in [1.82, 2.24) is 4.98 Å². The van der Waals surface area contributed by atoms with Crippen molar-refractivity contribution in [2.45, 2.75) is 19.5 Å². The van der Waals surface area contributed by atoms with Crippen LogP contribution in [0.5, 0.6) is 5.75 Å². The predicted octanol–water partition coefficient (Wildman–Crippen LogP) is 6.41. The van der Waals surface area contributed by atoms with Gasteiger partial charge in [-0.2, -0.15) is 0 Å². The smallest absolute Gasteiger partial charge is 0.263 e. The molecule has 0 fully saturated rings. The highest BCUT2D eigenvalue weighted by Gasteiger charge is 2.26. The third kappa shape index (κ3) is 5.67. The fourth-order valence-corrected chi connectivity index (χ4v) is 3.47. The van der Waals surface area contributed by atoms with E-state index in [1.165, 1.54) is 45.3 Å². The van der Waals surface area contributed by atoms with E-state index in [-0.39, 0.29) is 28.8 Å². The first-order chi connectivity index (χ1) is 15.5. The molecule has 0 aliphatic rings. The minimum Gasteiger partial charge on any atom is -0.486 e. The number of ether oxygens (including phenoxy) is 1. The van der Waals surface area contributed by atoms with Gasteiger partial charge in [0.15, 0.2) is 11.6 Å². The summed E-state index contributed by atoms with van der Waals surface area (Å²) in [5.74, 6) is -1.46. The number of carbonyl (C=O) groups is 2. The molecule has 9 heteroatoms. The molecule has 33 heavy (non-hydrogen) atoms.